The molecule has 2 aromatic rings. The molecule has 0 aliphatic rings. The van der Waals surface area contributed by atoms with E-state index in [2.05, 4.69) is 0 Å². The predicted octanol–water partition coefficient (Wildman–Crippen LogP) is 3.06. The monoisotopic (exact) mass is 260 g/mol. The highest BCUT2D eigenvalue weighted by molar-refractivity contribution is 5.96. The summed E-state index contributed by atoms with van der Waals surface area (Å²) in [4.78, 5) is 24.0. The minimum Gasteiger partial charge on any atom is -0.456 e. The van der Waals surface area contributed by atoms with Crippen molar-refractivity contribution in [3.05, 3.63) is 45.8 Å². The maximum Gasteiger partial charge on any atom is 0.351 e. The molecule has 4 nitrogen and oxygen atoms in total. The third kappa shape index (κ3) is 2.67. The van der Waals surface area contributed by atoms with E-state index in [1.165, 1.54) is 0 Å². The van der Waals surface area contributed by atoms with Crippen molar-refractivity contribution in [2.75, 3.05) is 0 Å². The van der Waals surface area contributed by atoms with Gasteiger partial charge in [0.2, 0.25) is 0 Å². The van der Waals surface area contributed by atoms with E-state index in [0.29, 0.717) is 11.1 Å². The van der Waals surface area contributed by atoms with E-state index < -0.39 is 17.2 Å². The lowest BCUT2D eigenvalue weighted by Crippen LogP contribution is -2.28. The van der Waals surface area contributed by atoms with Gasteiger partial charge in [-0.15, -0.1) is 0 Å². The first-order valence-electron chi connectivity index (χ1n) is 6.05. The van der Waals surface area contributed by atoms with Crippen LogP contribution in [0.4, 0.5) is 0 Å². The molecule has 1 aromatic carbocycles. The molecular weight excluding hydrogens is 244 g/mol. The number of benzene rings is 1. The van der Waals surface area contributed by atoms with Gasteiger partial charge in [-0.2, -0.15) is 0 Å². The Morgan fingerprint density at radius 2 is 1.84 bits per heavy atom. The zero-order chi connectivity index (χ0) is 14.2. The van der Waals surface area contributed by atoms with Gasteiger partial charge in [0.15, 0.2) is 0 Å². The fraction of sp³-hybridized carbons (Fsp3) is 0.333. The molecule has 0 aliphatic carbocycles. The van der Waals surface area contributed by atoms with Crippen LogP contribution in [0.1, 0.15) is 36.7 Å². The Morgan fingerprint density at radius 3 is 2.47 bits per heavy atom. The summed E-state index contributed by atoms with van der Waals surface area (Å²) in [6.45, 7) is 6.98. The summed E-state index contributed by atoms with van der Waals surface area (Å²) in [7, 11) is 0. The average molecular weight is 260 g/mol. The van der Waals surface area contributed by atoms with Gasteiger partial charge in [-0.3, -0.25) is 0 Å². The van der Waals surface area contributed by atoms with Gasteiger partial charge in [0.25, 0.3) is 0 Å². The molecule has 0 N–H and O–H groups in total. The molecule has 2 rings (SSSR count). The van der Waals surface area contributed by atoms with Gasteiger partial charge in [0.1, 0.15) is 16.7 Å². The molecule has 0 saturated heterocycles. The fourth-order valence-electron chi connectivity index (χ4n) is 1.87. The van der Waals surface area contributed by atoms with E-state index in [9.17, 15) is 9.59 Å². The Balaban J connectivity index is 2.61. The molecule has 0 aliphatic heterocycles. The summed E-state index contributed by atoms with van der Waals surface area (Å²) >= 11 is 0. The van der Waals surface area contributed by atoms with Gasteiger partial charge in [-0.1, -0.05) is 18.2 Å². The van der Waals surface area contributed by atoms with Gasteiger partial charge in [-0.05, 0) is 39.3 Å². The first-order valence-corrected chi connectivity index (χ1v) is 6.05. The Kier molecular flexibility index (Phi) is 3.18. The van der Waals surface area contributed by atoms with Gasteiger partial charge >= 0.3 is 11.6 Å². The van der Waals surface area contributed by atoms with Gasteiger partial charge in [0.05, 0.1) is 0 Å². The molecule has 0 bridgehead atoms. The van der Waals surface area contributed by atoms with Crippen LogP contribution in [0.25, 0.3) is 11.0 Å². The molecule has 100 valence electrons. The molecule has 1 heterocycles. The number of fused-ring (bicyclic) bond motifs is 1. The highest BCUT2D eigenvalue weighted by atomic mass is 16.6. The van der Waals surface area contributed by atoms with E-state index in [1.807, 2.05) is 12.1 Å². The van der Waals surface area contributed by atoms with Crippen molar-refractivity contribution in [2.24, 2.45) is 0 Å². The molecule has 0 spiro atoms. The summed E-state index contributed by atoms with van der Waals surface area (Å²) in [5, 5.41) is 0.739. The summed E-state index contributed by atoms with van der Waals surface area (Å²) in [5.74, 6) is -0.649. The van der Waals surface area contributed by atoms with Gasteiger partial charge in [0, 0.05) is 5.39 Å². The number of esters is 1. The van der Waals surface area contributed by atoms with Crippen LogP contribution in [0.2, 0.25) is 0 Å². The summed E-state index contributed by atoms with van der Waals surface area (Å²) in [6.07, 6.45) is 0. The van der Waals surface area contributed by atoms with Crippen LogP contribution in [0.15, 0.2) is 33.5 Å². The molecule has 0 amide bonds. The lowest BCUT2D eigenvalue weighted by Gasteiger charge is -2.19. The second-order valence-electron chi connectivity index (χ2n) is 5.39. The summed E-state index contributed by atoms with van der Waals surface area (Å²) in [6, 6.07) is 7.11. The SMILES string of the molecule is Cc1c(C(=O)OC(C)(C)C)c(=O)oc2ccccc12. The zero-order valence-corrected chi connectivity index (χ0v) is 11.4. The van der Waals surface area contributed by atoms with Crippen LogP contribution < -0.4 is 5.63 Å². The van der Waals surface area contributed by atoms with Crippen molar-refractivity contribution >= 4 is 16.9 Å². The van der Waals surface area contributed by atoms with Crippen molar-refractivity contribution in [3.63, 3.8) is 0 Å². The first kappa shape index (κ1) is 13.3. The average Bonchev–Trinajstić information content (AvgIpc) is 2.26. The summed E-state index contributed by atoms with van der Waals surface area (Å²) in [5.41, 5.74) is -0.292. The predicted molar refractivity (Wildman–Crippen MR) is 72.4 cm³/mol. The smallest absolute Gasteiger partial charge is 0.351 e. The topological polar surface area (TPSA) is 56.5 Å². The number of aryl methyl sites for hydroxylation is 1. The van der Waals surface area contributed by atoms with Gasteiger partial charge in [-0.25, -0.2) is 9.59 Å². The lowest BCUT2D eigenvalue weighted by atomic mass is 10.1. The Morgan fingerprint density at radius 1 is 1.21 bits per heavy atom. The van der Waals surface area contributed by atoms with E-state index in [-0.39, 0.29) is 5.56 Å². The van der Waals surface area contributed by atoms with Crippen LogP contribution in [0.5, 0.6) is 0 Å². The molecule has 4 heteroatoms. The minimum absolute atomic E-state index is 0.0337. The normalized spacial score (nSPS) is 11.6. The molecule has 0 unspecified atom stereocenters. The quantitative estimate of drug-likeness (QED) is 0.584. The first-order chi connectivity index (χ1) is 8.79. The van der Waals surface area contributed by atoms with Crippen molar-refractivity contribution in [3.8, 4) is 0 Å². The Labute approximate surface area is 111 Å². The third-order valence-electron chi connectivity index (χ3n) is 2.68. The Bertz CT molecular complexity index is 689. The highest BCUT2D eigenvalue weighted by Crippen LogP contribution is 2.20. The largest absolute Gasteiger partial charge is 0.456 e. The van der Waals surface area contributed by atoms with E-state index in [4.69, 9.17) is 9.15 Å². The molecule has 0 fully saturated rings. The van der Waals surface area contributed by atoms with Crippen LogP contribution >= 0.6 is 0 Å². The number of hydrogen-bond acceptors (Lipinski definition) is 4. The number of hydrogen-bond donors (Lipinski definition) is 0. The number of ether oxygens (including phenoxy) is 1. The number of carbonyl (C=O) groups excluding carboxylic acids is 1. The second kappa shape index (κ2) is 4.53. The van der Waals surface area contributed by atoms with E-state index >= 15 is 0 Å². The number of para-hydroxylation sites is 1. The molecule has 0 radical (unpaired) electrons. The Hall–Kier alpha value is -2.10. The van der Waals surface area contributed by atoms with Crippen molar-refractivity contribution in [2.45, 2.75) is 33.3 Å². The van der Waals surface area contributed by atoms with Crippen LogP contribution in [-0.2, 0) is 4.74 Å². The van der Waals surface area contributed by atoms with Crippen LogP contribution in [0, 0.1) is 6.92 Å². The van der Waals surface area contributed by atoms with Crippen molar-refractivity contribution in [1.29, 1.82) is 0 Å². The molecule has 0 saturated carbocycles. The van der Waals surface area contributed by atoms with E-state index in [0.717, 1.165) is 5.39 Å². The molecular formula is C15H16O4. The maximum atomic E-state index is 12.1. The molecule has 0 atom stereocenters. The van der Waals surface area contributed by atoms with Crippen LogP contribution in [0.3, 0.4) is 0 Å². The number of carbonyl (C=O) groups is 1. The van der Waals surface area contributed by atoms with Crippen molar-refractivity contribution in [1.82, 2.24) is 0 Å². The molecule has 1 aromatic heterocycles. The minimum atomic E-state index is -0.662. The van der Waals surface area contributed by atoms with Gasteiger partial charge < -0.3 is 9.15 Å². The number of rotatable bonds is 1. The van der Waals surface area contributed by atoms with Crippen molar-refractivity contribution < 1.29 is 13.9 Å². The zero-order valence-electron chi connectivity index (χ0n) is 11.4. The van der Waals surface area contributed by atoms with E-state index in [1.54, 1.807) is 39.8 Å². The lowest BCUT2D eigenvalue weighted by molar-refractivity contribution is 0.00646. The fourth-order valence-corrected chi connectivity index (χ4v) is 1.87. The highest BCUT2D eigenvalue weighted by Gasteiger charge is 2.24. The second-order valence-corrected chi connectivity index (χ2v) is 5.39. The third-order valence-corrected chi connectivity index (χ3v) is 2.68. The van der Waals surface area contributed by atoms with Crippen LogP contribution in [-0.4, -0.2) is 11.6 Å². The maximum absolute atomic E-state index is 12.1. The summed E-state index contributed by atoms with van der Waals surface area (Å²) < 4.78 is 10.4. The standard InChI is InChI=1S/C15H16O4/c1-9-10-7-5-6-8-11(10)18-13(16)12(9)14(17)19-15(2,3)4/h5-8H,1-4H3. The molecule has 19 heavy (non-hydrogen) atoms.